The molecule has 0 fully saturated rings. The van der Waals surface area contributed by atoms with Crippen molar-refractivity contribution in [2.45, 2.75) is 46.0 Å². The third-order valence-electron chi connectivity index (χ3n) is 6.49. The maximum atomic E-state index is 4.93. The van der Waals surface area contributed by atoms with E-state index in [4.69, 9.17) is 17.0 Å². The number of halogens is 2. The van der Waals surface area contributed by atoms with Gasteiger partial charge in [-0.05, 0) is 51.9 Å². The zero-order chi connectivity index (χ0) is 21.9. The van der Waals surface area contributed by atoms with Crippen molar-refractivity contribution in [3.63, 3.8) is 0 Å². The van der Waals surface area contributed by atoms with E-state index in [1.54, 1.807) is 0 Å². The summed E-state index contributed by atoms with van der Waals surface area (Å²) in [5.41, 5.74) is 10.9. The second kappa shape index (κ2) is 10.2. The molecule has 3 aliphatic rings. The maximum absolute atomic E-state index is 4.93. The van der Waals surface area contributed by atoms with E-state index in [1.165, 1.54) is 49.7 Å². The molecule has 0 radical (unpaired) electrons. The predicted molar refractivity (Wildman–Crippen MR) is 131 cm³/mol. The Kier molecular flexibility index (Phi) is 8.13. The van der Waals surface area contributed by atoms with Crippen molar-refractivity contribution in [1.29, 1.82) is 0 Å². The summed E-state index contributed by atoms with van der Waals surface area (Å²) in [5, 5.41) is 1.41. The minimum atomic E-state index is -0.826. The van der Waals surface area contributed by atoms with Crippen LogP contribution in [0.15, 0.2) is 93.6 Å². The van der Waals surface area contributed by atoms with Gasteiger partial charge in [0.1, 0.15) is 0 Å². The van der Waals surface area contributed by atoms with Gasteiger partial charge in [-0.25, -0.2) is 0 Å². The van der Waals surface area contributed by atoms with E-state index in [2.05, 4.69) is 88.4 Å². The first kappa shape index (κ1) is 23.9. The molecule has 3 aliphatic carbocycles. The molecule has 0 amide bonds. The number of allylic oxidation sites excluding steroid dienone is 12. The van der Waals surface area contributed by atoms with Crippen LogP contribution in [0.4, 0.5) is 0 Å². The van der Waals surface area contributed by atoms with Crippen LogP contribution in [0.2, 0.25) is 0 Å². The van der Waals surface area contributed by atoms with Crippen LogP contribution in [0.5, 0.6) is 0 Å². The molecule has 0 bridgehead atoms. The molecule has 0 saturated carbocycles. The van der Waals surface area contributed by atoms with Gasteiger partial charge in [0.15, 0.2) is 0 Å². The molecule has 1 atom stereocenters. The first-order valence-corrected chi connectivity index (χ1v) is 17.3. The van der Waals surface area contributed by atoms with Crippen LogP contribution in [0.3, 0.4) is 0 Å². The van der Waals surface area contributed by atoms with Crippen molar-refractivity contribution in [3.8, 4) is 0 Å². The minimum absolute atomic E-state index is 0.227. The summed E-state index contributed by atoms with van der Waals surface area (Å²) in [4.78, 5) is 0. The van der Waals surface area contributed by atoms with Gasteiger partial charge in [-0.15, -0.1) is 11.6 Å². The van der Waals surface area contributed by atoms with Gasteiger partial charge in [-0.3, -0.25) is 0 Å². The average molecular weight is 530 g/mol. The Labute approximate surface area is 202 Å². The number of hydrogen-bond acceptors (Lipinski definition) is 0. The summed E-state index contributed by atoms with van der Waals surface area (Å²) >= 11 is -0.826. The first-order valence-electron chi connectivity index (χ1n) is 10.2. The summed E-state index contributed by atoms with van der Waals surface area (Å²) in [5.74, 6) is 0. The van der Waals surface area contributed by atoms with Crippen LogP contribution < -0.4 is 0 Å². The van der Waals surface area contributed by atoms with Gasteiger partial charge >= 0.3 is 37.9 Å². The molecule has 0 aromatic heterocycles. The number of hydrogen-bond donors (Lipinski definition) is 0. The fourth-order valence-electron chi connectivity index (χ4n) is 4.89. The zero-order valence-corrected chi connectivity index (χ0v) is 23.5. The van der Waals surface area contributed by atoms with Gasteiger partial charge in [0.2, 0.25) is 0 Å². The summed E-state index contributed by atoms with van der Waals surface area (Å²) in [7, 11) is 11.9. The fraction of sp³-hybridized carbons (Fsp3) is 0.269. The van der Waals surface area contributed by atoms with E-state index < -0.39 is 20.8 Å². The summed E-state index contributed by atoms with van der Waals surface area (Å²) in [6.45, 7) is 9.01. The Morgan fingerprint density at radius 3 is 2.37 bits per heavy atom. The molecule has 4 rings (SSSR count). The molecule has 0 saturated heterocycles. The van der Waals surface area contributed by atoms with E-state index in [-0.39, 0.29) is 5.41 Å². The molecular formula is C26H27Cl2SiZr-. The molecule has 0 N–H and O–H groups in total. The quantitative estimate of drug-likeness (QED) is 0.301. The van der Waals surface area contributed by atoms with Gasteiger partial charge < -0.3 is 0 Å². The Morgan fingerprint density at radius 1 is 1.10 bits per heavy atom. The Hall–Kier alpha value is -0.790. The molecule has 1 aromatic carbocycles. The van der Waals surface area contributed by atoms with Crippen LogP contribution in [0.1, 0.15) is 46.1 Å². The normalized spacial score (nSPS) is 22.7. The third kappa shape index (κ3) is 4.02. The number of benzene rings is 1. The molecular weight excluding hydrogens is 503 g/mol. The van der Waals surface area contributed by atoms with Crippen LogP contribution >= 0.6 is 17.0 Å². The summed E-state index contributed by atoms with van der Waals surface area (Å²) in [6, 6.07) is 11.1. The van der Waals surface area contributed by atoms with Gasteiger partial charge in [-0.2, -0.15) is 22.8 Å². The van der Waals surface area contributed by atoms with Gasteiger partial charge in [0, 0.05) is 5.41 Å². The topological polar surface area (TPSA) is 0 Å². The van der Waals surface area contributed by atoms with E-state index >= 15 is 0 Å². The van der Waals surface area contributed by atoms with Crippen molar-refractivity contribution in [1.82, 2.24) is 0 Å². The van der Waals surface area contributed by atoms with Gasteiger partial charge in [0.05, 0.1) is 0 Å². The van der Waals surface area contributed by atoms with Crippen LogP contribution in [0, 0.1) is 6.08 Å². The molecule has 0 spiro atoms. The van der Waals surface area contributed by atoms with Gasteiger partial charge in [0.25, 0.3) is 0 Å². The third-order valence-corrected chi connectivity index (χ3v) is 7.26. The monoisotopic (exact) mass is 527 g/mol. The second-order valence-corrected chi connectivity index (χ2v) is 12.3. The predicted octanol–water partition coefficient (Wildman–Crippen LogP) is 6.74. The fourth-order valence-corrected chi connectivity index (χ4v) is 5.62. The van der Waals surface area contributed by atoms with Gasteiger partial charge in [-0.1, -0.05) is 74.5 Å². The Morgan fingerprint density at radius 2 is 1.77 bits per heavy atom. The van der Waals surface area contributed by atoms with E-state index in [0.29, 0.717) is 0 Å². The zero-order valence-electron chi connectivity index (χ0n) is 18.1. The van der Waals surface area contributed by atoms with Crippen molar-refractivity contribution in [2.24, 2.45) is 0 Å². The molecule has 1 unspecified atom stereocenters. The van der Waals surface area contributed by atoms with Crippen molar-refractivity contribution < 1.29 is 20.8 Å². The Bertz CT molecular complexity index is 1040. The number of fused-ring (bicyclic) bond motifs is 1. The molecule has 1 aromatic rings. The molecule has 154 valence electrons. The average Bonchev–Trinajstić information content (AvgIpc) is 3.20. The standard InChI is InChI=1S/C26H27Si.2ClH.Zr/c1-5-20-14-15-23(19(20)4)26(21-10-7-6-8-11-21)24-16-17(2)18(3)22(24)12-9-13-25(26)27;;;/h6-14H,5,15,27H2,1-4H3;2*1H;/q-1;;;+2/p-2. The van der Waals surface area contributed by atoms with Crippen molar-refractivity contribution >= 4 is 32.0 Å². The second-order valence-electron chi connectivity index (χ2n) is 7.79. The Balaban J connectivity index is 0.000000806. The van der Waals surface area contributed by atoms with E-state index in [0.717, 1.165) is 12.8 Å². The molecule has 0 nitrogen and oxygen atoms in total. The molecule has 0 aliphatic heterocycles. The van der Waals surface area contributed by atoms with Crippen molar-refractivity contribution in [2.75, 3.05) is 0 Å². The van der Waals surface area contributed by atoms with Crippen LogP contribution in [0.25, 0.3) is 0 Å². The number of rotatable bonds is 3. The van der Waals surface area contributed by atoms with Crippen molar-refractivity contribution in [3.05, 3.63) is 105 Å². The van der Waals surface area contributed by atoms with Crippen LogP contribution in [-0.4, -0.2) is 15.0 Å². The molecule has 30 heavy (non-hydrogen) atoms. The molecule has 0 heterocycles. The molecule has 4 heteroatoms. The summed E-state index contributed by atoms with van der Waals surface area (Å²) in [6.07, 6.45) is 15.2. The van der Waals surface area contributed by atoms with E-state index in [1.807, 2.05) is 9.85 Å². The SMILES string of the molecule is CCC1=CCC(C2(c3ccccc3)C(=[SiH2])C=CC=C3C2=[C-]C(C)=C3C)=C1C.[Cl][Zr][Cl]. The first-order chi connectivity index (χ1) is 14.4. The summed E-state index contributed by atoms with van der Waals surface area (Å²) < 4.78 is 0. The van der Waals surface area contributed by atoms with Crippen LogP contribution in [-0.2, 0) is 26.3 Å². The van der Waals surface area contributed by atoms with E-state index in [9.17, 15) is 0 Å².